The first-order chi connectivity index (χ1) is 5.11. The molecule has 5 heteroatoms. The summed E-state index contributed by atoms with van der Waals surface area (Å²) in [6, 6.07) is 0. The van der Waals surface area contributed by atoms with Crippen molar-refractivity contribution in [3.63, 3.8) is 0 Å². The molecule has 0 aromatic carbocycles. The van der Waals surface area contributed by atoms with Crippen LogP contribution in [-0.2, 0) is 0 Å². The van der Waals surface area contributed by atoms with Gasteiger partial charge < -0.3 is 20.4 Å². The van der Waals surface area contributed by atoms with E-state index in [0.717, 1.165) is 0 Å². The number of rotatable bonds is 5. The third-order valence-electron chi connectivity index (χ3n) is 1.32. The molecule has 0 aliphatic carbocycles. The first-order valence-corrected chi connectivity index (χ1v) is 4.85. The Kier molecular flexibility index (Phi) is 6.44. The molecular formula is C6H13IO4. The van der Waals surface area contributed by atoms with E-state index in [-0.39, 0.29) is 6.42 Å². The maximum Gasteiger partial charge on any atom is 0.103 e. The van der Waals surface area contributed by atoms with Gasteiger partial charge in [-0.25, -0.2) is 0 Å². The Bertz CT molecular complexity index is 101. The first kappa shape index (κ1) is 11.6. The zero-order valence-electron chi connectivity index (χ0n) is 6.02. The van der Waals surface area contributed by atoms with Crippen molar-refractivity contribution in [3.05, 3.63) is 0 Å². The molecule has 0 amide bonds. The predicted molar refractivity (Wildman–Crippen MR) is 48.6 cm³/mol. The Morgan fingerprint density at radius 1 is 1.09 bits per heavy atom. The van der Waals surface area contributed by atoms with Gasteiger partial charge in [-0.05, 0) is 0 Å². The van der Waals surface area contributed by atoms with Crippen LogP contribution in [0.4, 0.5) is 0 Å². The molecule has 3 atom stereocenters. The Balaban J connectivity index is 3.58. The van der Waals surface area contributed by atoms with Crippen molar-refractivity contribution in [2.24, 2.45) is 0 Å². The predicted octanol–water partition coefficient (Wildman–Crippen LogP) is -1.11. The minimum atomic E-state index is -1.15. The summed E-state index contributed by atoms with van der Waals surface area (Å²) in [5, 5.41) is 35.3. The van der Waals surface area contributed by atoms with Gasteiger partial charge in [0.25, 0.3) is 0 Å². The van der Waals surface area contributed by atoms with Crippen LogP contribution in [0.2, 0.25) is 0 Å². The summed E-state index contributed by atoms with van der Waals surface area (Å²) in [7, 11) is 0. The number of hydrogen-bond donors (Lipinski definition) is 4. The Hall–Kier alpha value is 0.570. The van der Waals surface area contributed by atoms with Gasteiger partial charge in [-0.3, -0.25) is 0 Å². The van der Waals surface area contributed by atoms with E-state index in [2.05, 4.69) is 0 Å². The highest BCUT2D eigenvalue weighted by Gasteiger charge is 2.18. The molecule has 4 N–H and O–H groups in total. The maximum atomic E-state index is 9.05. The van der Waals surface area contributed by atoms with E-state index < -0.39 is 24.9 Å². The number of aliphatic hydroxyl groups is 4. The molecule has 0 spiro atoms. The fourth-order valence-electron chi connectivity index (χ4n) is 0.621. The average Bonchev–Trinajstić information content (AvgIpc) is 2.02. The second-order valence-corrected chi connectivity index (χ2v) is 3.24. The van der Waals surface area contributed by atoms with Crippen LogP contribution < -0.4 is 0 Å². The quantitative estimate of drug-likeness (QED) is 0.379. The van der Waals surface area contributed by atoms with Crippen molar-refractivity contribution in [1.29, 1.82) is 0 Å². The standard InChI is InChI=1S/C6H13IO4/c7-2-4(9)1-5(10)6(11)3-8/h4-6,8-11H,1-3H2/t4-,5?,6+/m1/s1. The average molecular weight is 276 g/mol. The Labute approximate surface area is 79.0 Å². The van der Waals surface area contributed by atoms with Crippen LogP contribution in [0.1, 0.15) is 6.42 Å². The van der Waals surface area contributed by atoms with E-state index in [1.54, 1.807) is 0 Å². The minimum absolute atomic E-state index is 0.102. The third kappa shape index (κ3) is 4.91. The lowest BCUT2D eigenvalue weighted by Gasteiger charge is -2.17. The summed E-state index contributed by atoms with van der Waals surface area (Å²) >= 11 is 1.98. The maximum absolute atomic E-state index is 9.05. The molecule has 0 aromatic rings. The van der Waals surface area contributed by atoms with Crippen molar-refractivity contribution in [1.82, 2.24) is 0 Å². The van der Waals surface area contributed by atoms with Crippen LogP contribution in [0.5, 0.6) is 0 Å². The topological polar surface area (TPSA) is 80.9 Å². The van der Waals surface area contributed by atoms with Gasteiger partial charge in [0.15, 0.2) is 0 Å². The highest BCUT2D eigenvalue weighted by molar-refractivity contribution is 14.1. The van der Waals surface area contributed by atoms with E-state index in [0.29, 0.717) is 4.43 Å². The SMILES string of the molecule is OC[C@H](O)C(O)C[C@@H](O)CI. The molecule has 68 valence electrons. The zero-order valence-corrected chi connectivity index (χ0v) is 8.18. The number of halogens is 1. The van der Waals surface area contributed by atoms with E-state index >= 15 is 0 Å². The third-order valence-corrected chi connectivity index (χ3v) is 2.34. The highest BCUT2D eigenvalue weighted by Crippen LogP contribution is 2.05. The fraction of sp³-hybridized carbons (Fsp3) is 1.00. The molecule has 0 saturated carbocycles. The molecule has 0 saturated heterocycles. The molecule has 0 aliphatic rings. The molecule has 1 unspecified atom stereocenters. The van der Waals surface area contributed by atoms with Gasteiger partial charge in [-0.15, -0.1) is 0 Å². The van der Waals surface area contributed by atoms with E-state index in [9.17, 15) is 0 Å². The molecule has 0 aliphatic heterocycles. The molecule has 11 heavy (non-hydrogen) atoms. The normalized spacial score (nSPS) is 19.4. The fourth-order valence-corrected chi connectivity index (χ4v) is 0.980. The van der Waals surface area contributed by atoms with Crippen LogP contribution in [0.3, 0.4) is 0 Å². The molecule has 0 heterocycles. The minimum Gasteiger partial charge on any atom is -0.394 e. The molecular weight excluding hydrogens is 263 g/mol. The molecule has 0 radical (unpaired) electrons. The summed E-state index contributed by atoms with van der Waals surface area (Å²) in [6.07, 6.45) is -2.70. The van der Waals surface area contributed by atoms with Crippen molar-refractivity contribution in [2.75, 3.05) is 11.0 Å². The van der Waals surface area contributed by atoms with Crippen molar-refractivity contribution >= 4 is 22.6 Å². The first-order valence-electron chi connectivity index (χ1n) is 3.32. The number of hydrogen-bond acceptors (Lipinski definition) is 4. The van der Waals surface area contributed by atoms with Crippen LogP contribution in [0.25, 0.3) is 0 Å². The molecule has 4 nitrogen and oxygen atoms in total. The zero-order chi connectivity index (χ0) is 8.85. The van der Waals surface area contributed by atoms with Crippen molar-refractivity contribution < 1.29 is 20.4 Å². The van der Waals surface area contributed by atoms with Gasteiger partial charge in [0.2, 0.25) is 0 Å². The van der Waals surface area contributed by atoms with Gasteiger partial charge in [0.05, 0.1) is 18.8 Å². The molecule has 0 rings (SSSR count). The van der Waals surface area contributed by atoms with Gasteiger partial charge in [0, 0.05) is 10.8 Å². The highest BCUT2D eigenvalue weighted by atomic mass is 127. The summed E-state index contributed by atoms with van der Waals surface area (Å²) in [5.74, 6) is 0. The second kappa shape index (κ2) is 6.13. The monoisotopic (exact) mass is 276 g/mol. The summed E-state index contributed by atoms with van der Waals surface area (Å²) in [6.45, 7) is -0.477. The van der Waals surface area contributed by atoms with E-state index in [4.69, 9.17) is 20.4 Å². The molecule has 0 aromatic heterocycles. The van der Waals surface area contributed by atoms with Crippen molar-refractivity contribution in [3.8, 4) is 0 Å². The molecule has 0 bridgehead atoms. The molecule has 0 fully saturated rings. The van der Waals surface area contributed by atoms with Crippen LogP contribution in [0, 0.1) is 0 Å². The second-order valence-electron chi connectivity index (χ2n) is 2.36. The van der Waals surface area contributed by atoms with Crippen LogP contribution in [0.15, 0.2) is 0 Å². The Morgan fingerprint density at radius 2 is 1.64 bits per heavy atom. The van der Waals surface area contributed by atoms with Gasteiger partial charge in [-0.1, -0.05) is 22.6 Å². The van der Waals surface area contributed by atoms with Crippen LogP contribution in [-0.4, -0.2) is 49.8 Å². The summed E-state index contributed by atoms with van der Waals surface area (Å²) in [4.78, 5) is 0. The number of alkyl halides is 1. The number of aliphatic hydroxyl groups excluding tert-OH is 4. The van der Waals surface area contributed by atoms with Gasteiger partial charge in [0.1, 0.15) is 6.10 Å². The summed E-state index contributed by atoms with van der Waals surface area (Å²) < 4.78 is 0.507. The lowest BCUT2D eigenvalue weighted by atomic mass is 10.1. The Morgan fingerprint density at radius 3 is 2.00 bits per heavy atom. The smallest absolute Gasteiger partial charge is 0.103 e. The van der Waals surface area contributed by atoms with Crippen molar-refractivity contribution in [2.45, 2.75) is 24.7 Å². The van der Waals surface area contributed by atoms with Crippen LogP contribution >= 0.6 is 22.6 Å². The van der Waals surface area contributed by atoms with E-state index in [1.165, 1.54) is 0 Å². The van der Waals surface area contributed by atoms with E-state index in [1.807, 2.05) is 22.6 Å². The lowest BCUT2D eigenvalue weighted by Crippen LogP contribution is -2.33. The van der Waals surface area contributed by atoms with Gasteiger partial charge >= 0.3 is 0 Å². The van der Waals surface area contributed by atoms with Gasteiger partial charge in [-0.2, -0.15) is 0 Å². The lowest BCUT2D eigenvalue weighted by molar-refractivity contribution is -0.0329. The largest absolute Gasteiger partial charge is 0.394 e. The summed E-state index contributed by atoms with van der Waals surface area (Å²) in [5.41, 5.74) is 0.